The molecule has 0 bridgehead atoms. The van der Waals surface area contributed by atoms with E-state index in [2.05, 4.69) is 10.3 Å². The van der Waals surface area contributed by atoms with Gasteiger partial charge in [0, 0.05) is 19.3 Å². The van der Waals surface area contributed by atoms with Crippen molar-refractivity contribution >= 4 is 5.91 Å². The molecule has 20 heavy (non-hydrogen) atoms. The number of nitrogens with one attached hydrogen (secondary N) is 1. The minimum absolute atomic E-state index is 0.294. The van der Waals surface area contributed by atoms with Gasteiger partial charge in [-0.05, 0) is 24.6 Å². The first kappa shape index (κ1) is 14.2. The Balaban J connectivity index is 2.03. The molecule has 0 aliphatic carbocycles. The van der Waals surface area contributed by atoms with E-state index in [9.17, 15) is 9.18 Å². The zero-order valence-electron chi connectivity index (χ0n) is 11.2. The van der Waals surface area contributed by atoms with Crippen molar-refractivity contribution in [3.8, 4) is 0 Å². The molecule has 1 atom stereocenters. The molecule has 2 rings (SSSR count). The van der Waals surface area contributed by atoms with Crippen molar-refractivity contribution in [1.82, 2.24) is 14.9 Å². The van der Waals surface area contributed by atoms with Crippen LogP contribution in [0.5, 0.6) is 0 Å². The normalized spacial score (nSPS) is 12.2. The molecule has 106 valence electrons. The van der Waals surface area contributed by atoms with Crippen molar-refractivity contribution < 1.29 is 9.18 Å². The van der Waals surface area contributed by atoms with Gasteiger partial charge in [0.25, 0.3) is 5.91 Å². The fraction of sp³-hybridized carbons (Fsp3) is 0.286. The Labute approximate surface area is 116 Å². The summed E-state index contributed by atoms with van der Waals surface area (Å²) in [6, 6.07) is 5.85. The Morgan fingerprint density at radius 3 is 3.05 bits per heavy atom. The summed E-state index contributed by atoms with van der Waals surface area (Å²) >= 11 is 0. The van der Waals surface area contributed by atoms with Crippen LogP contribution in [-0.2, 0) is 6.54 Å². The third-order valence-electron chi connectivity index (χ3n) is 2.95. The third kappa shape index (κ3) is 3.42. The van der Waals surface area contributed by atoms with Crippen molar-refractivity contribution in [3.63, 3.8) is 0 Å². The first-order valence-corrected chi connectivity index (χ1v) is 6.38. The second kappa shape index (κ2) is 6.29. The summed E-state index contributed by atoms with van der Waals surface area (Å²) in [5.74, 6) is -0.617. The van der Waals surface area contributed by atoms with E-state index in [1.54, 1.807) is 36.1 Å². The minimum Gasteiger partial charge on any atom is -0.344 e. The highest BCUT2D eigenvalue weighted by Gasteiger charge is 2.14. The van der Waals surface area contributed by atoms with Crippen LogP contribution in [0.25, 0.3) is 0 Å². The molecule has 1 amide bonds. The third-order valence-corrected chi connectivity index (χ3v) is 2.95. The van der Waals surface area contributed by atoms with Gasteiger partial charge in [-0.2, -0.15) is 0 Å². The van der Waals surface area contributed by atoms with E-state index >= 15 is 0 Å². The van der Waals surface area contributed by atoms with Crippen LogP contribution in [0.2, 0.25) is 0 Å². The van der Waals surface area contributed by atoms with Crippen LogP contribution in [0.3, 0.4) is 0 Å². The standard InChI is InChI=1S/C14H17FN4O/c1-10(11-3-2-4-12(15)7-11)18-14(20)13-8-19(6-5-16)9-17-13/h2-4,7-10H,5-6,16H2,1H3,(H,18,20)/t10-/m0/s1. The number of amides is 1. The Morgan fingerprint density at radius 1 is 1.55 bits per heavy atom. The summed E-state index contributed by atoms with van der Waals surface area (Å²) in [7, 11) is 0. The molecule has 0 fully saturated rings. The number of hydrogen-bond donors (Lipinski definition) is 2. The maximum Gasteiger partial charge on any atom is 0.271 e. The monoisotopic (exact) mass is 276 g/mol. The van der Waals surface area contributed by atoms with E-state index in [4.69, 9.17) is 5.73 Å². The lowest BCUT2D eigenvalue weighted by Crippen LogP contribution is -2.27. The second-order valence-corrected chi connectivity index (χ2v) is 4.54. The highest BCUT2D eigenvalue weighted by atomic mass is 19.1. The molecular weight excluding hydrogens is 259 g/mol. The lowest BCUT2D eigenvalue weighted by Gasteiger charge is -2.13. The smallest absolute Gasteiger partial charge is 0.271 e. The highest BCUT2D eigenvalue weighted by Crippen LogP contribution is 2.14. The zero-order valence-corrected chi connectivity index (χ0v) is 11.2. The van der Waals surface area contributed by atoms with E-state index in [1.807, 2.05) is 0 Å². The Hall–Kier alpha value is -2.21. The largest absolute Gasteiger partial charge is 0.344 e. The Kier molecular flexibility index (Phi) is 4.47. The molecule has 0 aliphatic heterocycles. The van der Waals surface area contributed by atoms with Gasteiger partial charge in [0.15, 0.2) is 0 Å². The predicted molar refractivity (Wildman–Crippen MR) is 73.6 cm³/mol. The minimum atomic E-state index is -0.323. The number of imidazole rings is 1. The summed E-state index contributed by atoms with van der Waals surface area (Å²) < 4.78 is 14.9. The first-order chi connectivity index (χ1) is 9.60. The number of rotatable bonds is 5. The molecule has 3 N–H and O–H groups in total. The van der Waals surface area contributed by atoms with E-state index in [1.165, 1.54) is 12.1 Å². The second-order valence-electron chi connectivity index (χ2n) is 4.54. The van der Waals surface area contributed by atoms with Crippen molar-refractivity contribution in [3.05, 3.63) is 53.9 Å². The van der Waals surface area contributed by atoms with Crippen molar-refractivity contribution in [1.29, 1.82) is 0 Å². The number of nitrogens with two attached hydrogens (primary N) is 1. The summed E-state index contributed by atoms with van der Waals surface area (Å²) in [4.78, 5) is 16.0. The van der Waals surface area contributed by atoms with Gasteiger partial charge in [0.05, 0.1) is 12.4 Å². The Bertz CT molecular complexity index is 596. The van der Waals surface area contributed by atoms with Gasteiger partial charge in [0.1, 0.15) is 11.5 Å². The number of benzene rings is 1. The van der Waals surface area contributed by atoms with Gasteiger partial charge >= 0.3 is 0 Å². The molecule has 1 aromatic carbocycles. The molecule has 0 radical (unpaired) electrons. The maximum atomic E-state index is 13.1. The number of nitrogens with zero attached hydrogens (tertiary/aromatic N) is 2. The molecule has 6 heteroatoms. The van der Waals surface area contributed by atoms with Gasteiger partial charge in [-0.15, -0.1) is 0 Å². The van der Waals surface area contributed by atoms with Gasteiger partial charge in [-0.25, -0.2) is 9.37 Å². The van der Waals surface area contributed by atoms with E-state index in [0.717, 1.165) is 0 Å². The number of halogens is 1. The summed E-state index contributed by atoms with van der Waals surface area (Å²) in [5, 5.41) is 2.78. The van der Waals surface area contributed by atoms with E-state index < -0.39 is 0 Å². The van der Waals surface area contributed by atoms with Gasteiger partial charge in [0.2, 0.25) is 0 Å². The number of aromatic nitrogens is 2. The van der Waals surface area contributed by atoms with Crippen LogP contribution < -0.4 is 11.1 Å². The maximum absolute atomic E-state index is 13.1. The molecule has 0 saturated heterocycles. The van der Waals surface area contributed by atoms with Crippen LogP contribution in [-0.4, -0.2) is 22.0 Å². The molecule has 5 nitrogen and oxygen atoms in total. The van der Waals surface area contributed by atoms with Crippen LogP contribution in [0.4, 0.5) is 4.39 Å². The van der Waals surface area contributed by atoms with Gasteiger partial charge in [-0.1, -0.05) is 12.1 Å². The summed E-state index contributed by atoms with van der Waals surface area (Å²) in [6.07, 6.45) is 3.20. The van der Waals surface area contributed by atoms with E-state index in [0.29, 0.717) is 24.3 Å². The molecule has 1 heterocycles. The lowest BCUT2D eigenvalue weighted by molar-refractivity contribution is 0.0935. The van der Waals surface area contributed by atoms with Crippen LogP contribution >= 0.6 is 0 Å². The van der Waals surface area contributed by atoms with Gasteiger partial charge < -0.3 is 15.6 Å². The van der Waals surface area contributed by atoms with Crippen LogP contribution in [0, 0.1) is 5.82 Å². The van der Waals surface area contributed by atoms with Gasteiger partial charge in [-0.3, -0.25) is 4.79 Å². The van der Waals surface area contributed by atoms with Crippen molar-refractivity contribution in [2.45, 2.75) is 19.5 Å². The highest BCUT2D eigenvalue weighted by molar-refractivity contribution is 5.92. The van der Waals surface area contributed by atoms with Crippen LogP contribution in [0.1, 0.15) is 29.0 Å². The zero-order chi connectivity index (χ0) is 14.5. The lowest BCUT2D eigenvalue weighted by atomic mass is 10.1. The SMILES string of the molecule is C[C@H](NC(=O)c1cn(CCN)cn1)c1cccc(F)c1. The molecular formula is C14H17FN4O. The topological polar surface area (TPSA) is 72.9 Å². The predicted octanol–water partition coefficient (Wildman–Crippen LogP) is 1.47. The van der Waals surface area contributed by atoms with Crippen molar-refractivity contribution in [2.75, 3.05) is 6.54 Å². The van der Waals surface area contributed by atoms with Crippen molar-refractivity contribution in [2.24, 2.45) is 5.73 Å². The summed E-state index contributed by atoms with van der Waals surface area (Å²) in [5.41, 5.74) is 6.46. The summed E-state index contributed by atoms with van der Waals surface area (Å²) in [6.45, 7) is 2.89. The fourth-order valence-corrected chi connectivity index (χ4v) is 1.88. The molecule has 1 aromatic heterocycles. The number of carbonyl (C=O) groups excluding carboxylic acids is 1. The average molecular weight is 276 g/mol. The fourth-order valence-electron chi connectivity index (χ4n) is 1.88. The molecule has 0 spiro atoms. The molecule has 0 unspecified atom stereocenters. The quantitative estimate of drug-likeness (QED) is 0.868. The molecule has 0 saturated carbocycles. The van der Waals surface area contributed by atoms with E-state index in [-0.39, 0.29) is 17.8 Å². The number of carbonyl (C=O) groups is 1. The number of hydrogen-bond acceptors (Lipinski definition) is 3. The molecule has 0 aliphatic rings. The molecule has 2 aromatic rings. The Morgan fingerprint density at radius 2 is 2.35 bits per heavy atom. The first-order valence-electron chi connectivity index (χ1n) is 6.38. The van der Waals surface area contributed by atoms with Crippen LogP contribution in [0.15, 0.2) is 36.8 Å². The average Bonchev–Trinajstić information content (AvgIpc) is 2.88.